The second-order valence-electron chi connectivity index (χ2n) is 5.82. The van der Waals surface area contributed by atoms with Gasteiger partial charge in [0.05, 0.1) is 12.1 Å². The summed E-state index contributed by atoms with van der Waals surface area (Å²) in [5.74, 6) is -0.691. The predicted octanol–water partition coefficient (Wildman–Crippen LogP) is 3.39. The van der Waals surface area contributed by atoms with Crippen molar-refractivity contribution in [1.82, 2.24) is 9.88 Å². The highest BCUT2D eigenvalue weighted by molar-refractivity contribution is 6.08. The van der Waals surface area contributed by atoms with E-state index in [-0.39, 0.29) is 30.1 Å². The van der Waals surface area contributed by atoms with Gasteiger partial charge in [0.25, 0.3) is 0 Å². The molecular formula is C17H17ClF2N2O. The molecule has 0 bridgehead atoms. The normalized spacial score (nSPS) is 21.5. The maximum absolute atomic E-state index is 13.6. The lowest BCUT2D eigenvalue weighted by Crippen LogP contribution is -2.41. The highest BCUT2D eigenvalue weighted by Gasteiger charge is 2.27. The van der Waals surface area contributed by atoms with Crippen molar-refractivity contribution in [3.05, 3.63) is 48.0 Å². The lowest BCUT2D eigenvalue weighted by molar-refractivity contribution is 0.0913. The topological polar surface area (TPSA) is 37.2 Å². The van der Waals surface area contributed by atoms with Gasteiger partial charge in [0.1, 0.15) is 11.6 Å². The van der Waals surface area contributed by atoms with Gasteiger partial charge < -0.3 is 15.0 Å². The van der Waals surface area contributed by atoms with Crippen LogP contribution in [0.5, 0.6) is 0 Å². The molecule has 2 N–H and O–H groups in total. The number of hydrogen-bond donors (Lipinski definition) is 2. The van der Waals surface area contributed by atoms with Gasteiger partial charge in [0, 0.05) is 28.4 Å². The number of β-amino-alcohol motifs (C(OH)–C–C–N with tert-alkyl or cyclic N) is 1. The second kappa shape index (κ2) is 6.07. The lowest BCUT2D eigenvalue weighted by atomic mass is 10.0. The highest BCUT2D eigenvalue weighted by Crippen LogP contribution is 2.35. The zero-order chi connectivity index (χ0) is 15.3. The van der Waals surface area contributed by atoms with Crippen molar-refractivity contribution in [3.8, 4) is 0 Å². The molecule has 4 rings (SSSR count). The lowest BCUT2D eigenvalue weighted by Gasteiger charge is -2.31. The minimum absolute atomic E-state index is 0. The molecule has 1 aromatic heterocycles. The Balaban J connectivity index is 0.00000156. The summed E-state index contributed by atoms with van der Waals surface area (Å²) < 4.78 is 29.3. The minimum atomic E-state index is -0.525. The third-order valence-electron chi connectivity index (χ3n) is 4.47. The smallest absolute Gasteiger partial charge is 0.123 e. The van der Waals surface area contributed by atoms with Crippen LogP contribution in [0, 0.1) is 11.6 Å². The number of nitrogens with zero attached hydrogens (tertiary/aromatic N) is 1. The first kappa shape index (κ1) is 16.2. The summed E-state index contributed by atoms with van der Waals surface area (Å²) in [6, 6.07) is 8.98. The van der Waals surface area contributed by atoms with E-state index in [0.717, 1.165) is 24.0 Å². The molecule has 122 valence electrons. The monoisotopic (exact) mass is 338 g/mol. The van der Waals surface area contributed by atoms with Gasteiger partial charge in [-0.05, 0) is 49.4 Å². The molecule has 23 heavy (non-hydrogen) atoms. The van der Waals surface area contributed by atoms with Gasteiger partial charge in [-0.25, -0.2) is 8.78 Å². The first-order valence-corrected chi connectivity index (χ1v) is 7.42. The number of aliphatic hydroxyl groups is 1. The van der Waals surface area contributed by atoms with Gasteiger partial charge in [-0.2, -0.15) is 0 Å². The van der Waals surface area contributed by atoms with E-state index in [1.54, 1.807) is 12.1 Å². The predicted molar refractivity (Wildman–Crippen MR) is 89.1 cm³/mol. The summed E-state index contributed by atoms with van der Waals surface area (Å²) in [4.78, 5) is 0. The summed E-state index contributed by atoms with van der Waals surface area (Å²) >= 11 is 0. The molecule has 0 unspecified atom stereocenters. The molecule has 6 heteroatoms. The number of benzene rings is 2. The number of piperidine rings is 1. The summed E-state index contributed by atoms with van der Waals surface area (Å²) in [7, 11) is 0. The molecule has 0 saturated carbocycles. The average molecular weight is 339 g/mol. The summed E-state index contributed by atoms with van der Waals surface area (Å²) in [6.07, 6.45) is 0.247. The van der Waals surface area contributed by atoms with Crippen molar-refractivity contribution in [1.29, 1.82) is 0 Å². The molecule has 2 aromatic carbocycles. The largest absolute Gasteiger partial charge is 0.390 e. The number of aliphatic hydroxyl groups excluding tert-OH is 1. The number of nitrogens with one attached hydrogen (secondary N) is 1. The first-order valence-electron chi connectivity index (χ1n) is 7.42. The summed E-state index contributed by atoms with van der Waals surface area (Å²) in [5, 5.41) is 14.9. The van der Waals surface area contributed by atoms with Gasteiger partial charge in [-0.15, -0.1) is 12.4 Å². The van der Waals surface area contributed by atoms with E-state index in [2.05, 4.69) is 5.32 Å². The molecule has 3 aromatic rings. The molecule has 2 atom stereocenters. The molecule has 0 aliphatic carbocycles. The zero-order valence-corrected chi connectivity index (χ0v) is 13.1. The molecule has 1 aliphatic heterocycles. The van der Waals surface area contributed by atoms with Crippen LogP contribution >= 0.6 is 12.4 Å². The van der Waals surface area contributed by atoms with Gasteiger partial charge in [-0.1, -0.05) is 0 Å². The Kier molecular flexibility index (Phi) is 4.27. The Morgan fingerprint density at radius 1 is 1.00 bits per heavy atom. The maximum Gasteiger partial charge on any atom is 0.123 e. The van der Waals surface area contributed by atoms with E-state index in [0.29, 0.717) is 17.3 Å². The minimum Gasteiger partial charge on any atom is -0.390 e. The van der Waals surface area contributed by atoms with Crippen LogP contribution in [0.2, 0.25) is 0 Å². The first-order chi connectivity index (χ1) is 10.6. The molecule has 0 radical (unpaired) electrons. The molecule has 1 saturated heterocycles. The Morgan fingerprint density at radius 2 is 1.57 bits per heavy atom. The Morgan fingerprint density at radius 3 is 2.09 bits per heavy atom. The Labute approximate surface area is 138 Å². The van der Waals surface area contributed by atoms with Crippen LogP contribution in [0.25, 0.3) is 21.8 Å². The number of rotatable bonds is 1. The number of aromatic nitrogens is 1. The van der Waals surface area contributed by atoms with E-state index >= 15 is 0 Å². The third-order valence-corrected chi connectivity index (χ3v) is 4.47. The van der Waals surface area contributed by atoms with E-state index in [9.17, 15) is 13.9 Å². The van der Waals surface area contributed by atoms with Crippen molar-refractivity contribution in [2.24, 2.45) is 0 Å². The molecule has 2 heterocycles. The van der Waals surface area contributed by atoms with E-state index in [1.807, 2.05) is 4.57 Å². The van der Waals surface area contributed by atoms with Crippen molar-refractivity contribution in [2.45, 2.75) is 18.6 Å². The van der Waals surface area contributed by atoms with Crippen molar-refractivity contribution < 1.29 is 13.9 Å². The van der Waals surface area contributed by atoms with Crippen molar-refractivity contribution in [2.75, 3.05) is 13.1 Å². The molecule has 3 nitrogen and oxygen atoms in total. The van der Waals surface area contributed by atoms with Crippen LogP contribution in [0.4, 0.5) is 8.78 Å². The van der Waals surface area contributed by atoms with Gasteiger partial charge >= 0.3 is 0 Å². The fourth-order valence-electron chi connectivity index (χ4n) is 3.48. The van der Waals surface area contributed by atoms with Crippen molar-refractivity contribution in [3.63, 3.8) is 0 Å². The van der Waals surface area contributed by atoms with E-state index in [1.165, 1.54) is 24.3 Å². The summed E-state index contributed by atoms with van der Waals surface area (Å²) in [6.45, 7) is 1.33. The second-order valence-corrected chi connectivity index (χ2v) is 5.82. The summed E-state index contributed by atoms with van der Waals surface area (Å²) in [5.41, 5.74) is 1.65. The van der Waals surface area contributed by atoms with Crippen LogP contribution in [0.1, 0.15) is 12.5 Å². The van der Waals surface area contributed by atoms with E-state index in [4.69, 9.17) is 0 Å². The zero-order valence-electron chi connectivity index (χ0n) is 12.3. The fourth-order valence-corrected chi connectivity index (χ4v) is 3.48. The van der Waals surface area contributed by atoms with E-state index < -0.39 is 6.10 Å². The highest BCUT2D eigenvalue weighted by atomic mass is 35.5. The van der Waals surface area contributed by atoms with Gasteiger partial charge in [-0.3, -0.25) is 0 Å². The number of fused-ring (bicyclic) bond motifs is 3. The molecule has 0 spiro atoms. The van der Waals surface area contributed by atoms with Crippen LogP contribution in [0.3, 0.4) is 0 Å². The third kappa shape index (κ3) is 2.59. The van der Waals surface area contributed by atoms with Crippen molar-refractivity contribution >= 4 is 34.2 Å². The Hall–Kier alpha value is -1.69. The standard InChI is InChI=1S/C17H16F2N2O.ClH/c18-10-1-3-14-12(7-10)13-8-11(19)2-4-15(13)21(14)16-5-6-20-9-17(16)22;/h1-4,7-8,16-17,20,22H,5-6,9H2;1H/t16-,17-;/m1./s1. The SMILES string of the molecule is Cl.O[C@@H]1CNCC[C@H]1n1c2ccc(F)cc2c2cc(F)ccc21. The van der Waals surface area contributed by atoms with Crippen LogP contribution in [-0.2, 0) is 0 Å². The van der Waals surface area contributed by atoms with Crippen LogP contribution in [-0.4, -0.2) is 28.9 Å². The number of halogens is 3. The average Bonchev–Trinajstić information content (AvgIpc) is 2.81. The fraction of sp³-hybridized carbons (Fsp3) is 0.294. The molecule has 0 amide bonds. The Bertz CT molecular complexity index is 805. The van der Waals surface area contributed by atoms with Crippen LogP contribution in [0.15, 0.2) is 36.4 Å². The molecule has 1 aliphatic rings. The molecule has 1 fully saturated rings. The quantitative estimate of drug-likeness (QED) is 0.713. The van der Waals surface area contributed by atoms with Gasteiger partial charge in [0.2, 0.25) is 0 Å². The number of hydrogen-bond acceptors (Lipinski definition) is 2. The van der Waals surface area contributed by atoms with Crippen LogP contribution < -0.4 is 5.32 Å². The molecular weight excluding hydrogens is 322 g/mol. The maximum atomic E-state index is 13.6. The van der Waals surface area contributed by atoms with Gasteiger partial charge in [0.15, 0.2) is 0 Å².